The maximum absolute atomic E-state index is 12.8. The van der Waals surface area contributed by atoms with Gasteiger partial charge < -0.3 is 4.74 Å². The van der Waals surface area contributed by atoms with Crippen LogP contribution >= 0.6 is 0 Å². The number of anilines is 1. The third-order valence-electron chi connectivity index (χ3n) is 4.87. The molecule has 7 heteroatoms. The van der Waals surface area contributed by atoms with Gasteiger partial charge in [0.2, 0.25) is 0 Å². The molecule has 3 aromatic carbocycles. The van der Waals surface area contributed by atoms with Gasteiger partial charge in [-0.1, -0.05) is 12.1 Å². The van der Waals surface area contributed by atoms with Gasteiger partial charge in [-0.3, -0.25) is 19.7 Å². The fourth-order valence-corrected chi connectivity index (χ4v) is 3.18. The van der Waals surface area contributed by atoms with Crippen LogP contribution in [0, 0.1) is 24.0 Å². The Morgan fingerprint density at radius 2 is 1.55 bits per heavy atom. The Balaban J connectivity index is 1.66. The summed E-state index contributed by atoms with van der Waals surface area (Å²) in [5.41, 5.74) is 2.48. The van der Waals surface area contributed by atoms with E-state index in [2.05, 4.69) is 0 Å². The van der Waals surface area contributed by atoms with Crippen molar-refractivity contribution in [3.8, 4) is 11.5 Å². The Morgan fingerprint density at radius 1 is 0.828 bits per heavy atom. The lowest BCUT2D eigenvalue weighted by molar-refractivity contribution is -0.384. The van der Waals surface area contributed by atoms with Crippen LogP contribution in [0.1, 0.15) is 31.8 Å². The van der Waals surface area contributed by atoms with E-state index in [1.165, 1.54) is 12.1 Å². The van der Waals surface area contributed by atoms with E-state index in [9.17, 15) is 19.7 Å². The third-order valence-corrected chi connectivity index (χ3v) is 4.87. The molecule has 2 amide bonds. The first kappa shape index (κ1) is 18.4. The van der Waals surface area contributed by atoms with Crippen molar-refractivity contribution in [2.75, 3.05) is 4.90 Å². The van der Waals surface area contributed by atoms with Crippen LogP contribution < -0.4 is 9.64 Å². The minimum Gasteiger partial charge on any atom is -0.457 e. The van der Waals surface area contributed by atoms with Gasteiger partial charge in [0, 0.05) is 18.2 Å². The summed E-state index contributed by atoms with van der Waals surface area (Å²) in [7, 11) is 0. The molecule has 0 radical (unpaired) electrons. The summed E-state index contributed by atoms with van der Waals surface area (Å²) in [6, 6.07) is 16.0. The number of benzene rings is 3. The minimum atomic E-state index is -0.600. The van der Waals surface area contributed by atoms with Crippen molar-refractivity contribution < 1.29 is 19.2 Å². The van der Waals surface area contributed by atoms with E-state index in [1.807, 2.05) is 32.0 Å². The Hall–Kier alpha value is -4.00. The summed E-state index contributed by atoms with van der Waals surface area (Å²) >= 11 is 0. The van der Waals surface area contributed by atoms with Crippen LogP contribution in [0.2, 0.25) is 0 Å². The highest BCUT2D eigenvalue weighted by Gasteiger charge is 2.38. The summed E-state index contributed by atoms with van der Waals surface area (Å²) in [4.78, 5) is 36.9. The largest absolute Gasteiger partial charge is 0.457 e. The second-order valence-corrected chi connectivity index (χ2v) is 6.78. The Kier molecular flexibility index (Phi) is 4.35. The maximum Gasteiger partial charge on any atom is 0.270 e. The first-order chi connectivity index (χ1) is 13.8. The molecule has 0 unspecified atom stereocenters. The van der Waals surface area contributed by atoms with E-state index >= 15 is 0 Å². The van der Waals surface area contributed by atoms with Gasteiger partial charge in [-0.15, -0.1) is 0 Å². The predicted molar refractivity (Wildman–Crippen MR) is 107 cm³/mol. The molecule has 0 spiro atoms. The van der Waals surface area contributed by atoms with E-state index in [0.29, 0.717) is 17.2 Å². The van der Waals surface area contributed by atoms with Crippen LogP contribution in [0.15, 0.2) is 60.7 Å². The van der Waals surface area contributed by atoms with E-state index in [1.54, 1.807) is 24.3 Å². The zero-order valence-corrected chi connectivity index (χ0v) is 15.7. The highest BCUT2D eigenvalue weighted by Crippen LogP contribution is 2.33. The summed E-state index contributed by atoms with van der Waals surface area (Å²) in [6.45, 7) is 3.99. The number of nitrogens with zero attached hydrogens (tertiary/aromatic N) is 2. The molecular formula is C22H16N2O5. The molecule has 0 aromatic heterocycles. The molecule has 1 heterocycles. The van der Waals surface area contributed by atoms with Crippen molar-refractivity contribution >= 4 is 23.2 Å². The van der Waals surface area contributed by atoms with E-state index in [4.69, 9.17) is 4.74 Å². The van der Waals surface area contributed by atoms with Crippen molar-refractivity contribution in [3.63, 3.8) is 0 Å². The van der Waals surface area contributed by atoms with Crippen LogP contribution in [-0.4, -0.2) is 16.7 Å². The van der Waals surface area contributed by atoms with Gasteiger partial charge in [0.25, 0.3) is 17.5 Å². The average Bonchev–Trinajstić information content (AvgIpc) is 2.95. The number of non-ortho nitro benzene ring substituents is 1. The second-order valence-electron chi connectivity index (χ2n) is 6.78. The van der Waals surface area contributed by atoms with Crippen molar-refractivity contribution in [1.29, 1.82) is 0 Å². The van der Waals surface area contributed by atoms with Gasteiger partial charge in [-0.05, 0) is 55.3 Å². The number of aryl methyl sites for hydroxylation is 2. The molecule has 29 heavy (non-hydrogen) atoms. The van der Waals surface area contributed by atoms with Gasteiger partial charge in [-0.2, -0.15) is 0 Å². The lowest BCUT2D eigenvalue weighted by Gasteiger charge is -2.15. The van der Waals surface area contributed by atoms with Gasteiger partial charge in [-0.25, -0.2) is 4.90 Å². The number of hydrogen-bond acceptors (Lipinski definition) is 5. The van der Waals surface area contributed by atoms with Crippen molar-refractivity contribution in [3.05, 3.63) is 93.0 Å². The number of ether oxygens (including phenoxy) is 1. The molecule has 4 rings (SSSR count). The highest BCUT2D eigenvalue weighted by molar-refractivity contribution is 6.34. The summed E-state index contributed by atoms with van der Waals surface area (Å²) < 4.78 is 5.87. The SMILES string of the molecule is Cc1ccc(Oc2cccc(N3C(=O)c4ccc([N+](=O)[O-])cc4C3=O)c2)cc1C. The van der Waals surface area contributed by atoms with Gasteiger partial charge in [0.05, 0.1) is 21.7 Å². The normalized spacial score (nSPS) is 12.8. The smallest absolute Gasteiger partial charge is 0.270 e. The number of fused-ring (bicyclic) bond motifs is 1. The summed E-state index contributed by atoms with van der Waals surface area (Å²) in [5.74, 6) is -0.0169. The monoisotopic (exact) mass is 388 g/mol. The summed E-state index contributed by atoms with van der Waals surface area (Å²) in [5, 5.41) is 11.0. The zero-order valence-electron chi connectivity index (χ0n) is 15.7. The number of carbonyl (C=O) groups excluding carboxylic acids is 2. The molecule has 1 aliphatic heterocycles. The molecule has 0 N–H and O–H groups in total. The minimum absolute atomic E-state index is 0.0182. The number of nitro groups is 1. The number of hydrogen-bond donors (Lipinski definition) is 0. The Bertz CT molecular complexity index is 1190. The van der Waals surface area contributed by atoms with Crippen LogP contribution in [-0.2, 0) is 0 Å². The van der Waals surface area contributed by atoms with Crippen LogP contribution in [0.25, 0.3) is 0 Å². The Labute approximate surface area is 166 Å². The summed E-state index contributed by atoms with van der Waals surface area (Å²) in [6.07, 6.45) is 0. The van der Waals surface area contributed by atoms with E-state index in [0.717, 1.165) is 22.1 Å². The van der Waals surface area contributed by atoms with Gasteiger partial charge >= 0.3 is 0 Å². The van der Waals surface area contributed by atoms with Gasteiger partial charge in [0.1, 0.15) is 11.5 Å². The predicted octanol–water partition coefficient (Wildman–Crippen LogP) is 4.80. The average molecular weight is 388 g/mol. The lowest BCUT2D eigenvalue weighted by atomic mass is 10.1. The quantitative estimate of drug-likeness (QED) is 0.364. The lowest BCUT2D eigenvalue weighted by Crippen LogP contribution is -2.29. The molecule has 0 aliphatic carbocycles. The first-order valence-electron chi connectivity index (χ1n) is 8.87. The molecule has 0 saturated carbocycles. The molecule has 0 saturated heterocycles. The van der Waals surface area contributed by atoms with E-state index in [-0.39, 0.29) is 16.8 Å². The van der Waals surface area contributed by atoms with Crippen LogP contribution in [0.5, 0.6) is 11.5 Å². The number of imide groups is 1. The third kappa shape index (κ3) is 3.23. The molecule has 0 fully saturated rings. The highest BCUT2D eigenvalue weighted by atomic mass is 16.6. The fourth-order valence-electron chi connectivity index (χ4n) is 3.18. The molecular weight excluding hydrogens is 372 g/mol. The van der Waals surface area contributed by atoms with Crippen molar-refractivity contribution in [1.82, 2.24) is 0 Å². The molecule has 0 bridgehead atoms. The molecule has 7 nitrogen and oxygen atoms in total. The molecule has 3 aromatic rings. The number of nitro benzene ring substituents is 1. The number of amides is 2. The molecule has 0 atom stereocenters. The van der Waals surface area contributed by atoms with E-state index < -0.39 is 16.7 Å². The molecule has 144 valence electrons. The Morgan fingerprint density at radius 3 is 2.28 bits per heavy atom. The maximum atomic E-state index is 12.8. The van der Waals surface area contributed by atoms with Crippen molar-refractivity contribution in [2.24, 2.45) is 0 Å². The number of rotatable bonds is 4. The fraction of sp³-hybridized carbons (Fsp3) is 0.0909. The number of carbonyl (C=O) groups is 2. The van der Waals surface area contributed by atoms with Crippen molar-refractivity contribution in [2.45, 2.75) is 13.8 Å². The topological polar surface area (TPSA) is 89.8 Å². The second kappa shape index (κ2) is 6.87. The standard InChI is InChI=1S/C22H16N2O5/c1-13-6-8-18(10-14(13)2)29-17-5-3-4-15(11-17)23-21(25)19-9-7-16(24(27)28)12-20(19)22(23)26/h3-12H,1-2H3. The first-order valence-corrected chi connectivity index (χ1v) is 8.87. The molecule has 1 aliphatic rings. The van der Waals surface area contributed by atoms with Crippen LogP contribution in [0.3, 0.4) is 0 Å². The van der Waals surface area contributed by atoms with Crippen LogP contribution in [0.4, 0.5) is 11.4 Å². The van der Waals surface area contributed by atoms with Gasteiger partial charge in [0.15, 0.2) is 0 Å². The zero-order chi connectivity index (χ0) is 20.7.